The van der Waals surface area contributed by atoms with Crippen molar-refractivity contribution in [2.24, 2.45) is 5.73 Å². The average molecular weight is 299 g/mol. The van der Waals surface area contributed by atoms with E-state index in [0.717, 1.165) is 12.1 Å². The minimum atomic E-state index is 0.0477. The Bertz CT molecular complexity index is 639. The number of rotatable bonds is 5. The van der Waals surface area contributed by atoms with E-state index < -0.39 is 0 Å². The van der Waals surface area contributed by atoms with Crippen LogP contribution in [-0.2, 0) is 6.54 Å². The quantitative estimate of drug-likeness (QED) is 0.920. The molecule has 0 saturated carbocycles. The van der Waals surface area contributed by atoms with Crippen molar-refractivity contribution in [1.82, 2.24) is 4.90 Å². The molecule has 2 rings (SSSR count). The Morgan fingerprint density at radius 3 is 2.71 bits per heavy atom. The van der Waals surface area contributed by atoms with Gasteiger partial charge in [0.05, 0.1) is 17.7 Å². The largest absolute Gasteiger partial charge is 0.326 e. The van der Waals surface area contributed by atoms with E-state index in [1.165, 1.54) is 10.4 Å². The molecule has 0 bridgehead atoms. The molecule has 0 amide bonds. The fourth-order valence-corrected chi connectivity index (χ4v) is 3.86. The average Bonchev–Trinajstić information content (AvgIpc) is 2.85. The minimum Gasteiger partial charge on any atom is -0.326 e. The lowest BCUT2D eigenvalue weighted by atomic mass is 10.0. The Morgan fingerprint density at radius 2 is 2.14 bits per heavy atom. The van der Waals surface area contributed by atoms with E-state index in [0.29, 0.717) is 5.56 Å². The van der Waals surface area contributed by atoms with E-state index in [9.17, 15) is 0 Å². The predicted molar refractivity (Wildman–Crippen MR) is 88.1 cm³/mol. The summed E-state index contributed by atoms with van der Waals surface area (Å²) in [5.41, 5.74) is 9.35. The van der Waals surface area contributed by atoms with Crippen LogP contribution < -0.4 is 5.73 Å². The first-order chi connectivity index (χ1) is 10.0. The van der Waals surface area contributed by atoms with Crippen LogP contribution in [0, 0.1) is 18.3 Å². The molecule has 110 valence electrons. The second kappa shape index (κ2) is 6.86. The van der Waals surface area contributed by atoms with Crippen molar-refractivity contribution >= 4 is 11.3 Å². The summed E-state index contributed by atoms with van der Waals surface area (Å²) < 4.78 is 0. The van der Waals surface area contributed by atoms with Gasteiger partial charge in [0.2, 0.25) is 0 Å². The van der Waals surface area contributed by atoms with Gasteiger partial charge in [-0.2, -0.15) is 5.26 Å². The molecule has 3 nitrogen and oxygen atoms in total. The lowest BCUT2D eigenvalue weighted by Gasteiger charge is -2.31. The third kappa shape index (κ3) is 3.70. The maximum Gasteiger partial charge on any atom is 0.0991 e. The van der Waals surface area contributed by atoms with Crippen LogP contribution in [0.3, 0.4) is 0 Å². The van der Waals surface area contributed by atoms with Crippen LogP contribution in [0.1, 0.15) is 34.5 Å². The molecule has 1 aromatic heterocycles. The van der Waals surface area contributed by atoms with Gasteiger partial charge >= 0.3 is 0 Å². The lowest BCUT2D eigenvalue weighted by Crippen LogP contribution is -2.36. The number of hydrogen-bond acceptors (Lipinski definition) is 4. The Hall–Kier alpha value is -1.67. The molecule has 2 N–H and O–H groups in total. The summed E-state index contributed by atoms with van der Waals surface area (Å²) in [6, 6.07) is 12.3. The smallest absolute Gasteiger partial charge is 0.0991 e. The van der Waals surface area contributed by atoms with Gasteiger partial charge < -0.3 is 5.73 Å². The zero-order valence-electron chi connectivity index (χ0n) is 12.7. The predicted octanol–water partition coefficient (Wildman–Crippen LogP) is 3.45. The summed E-state index contributed by atoms with van der Waals surface area (Å²) in [4.78, 5) is 3.59. The minimum absolute atomic E-state index is 0.0477. The molecule has 2 atom stereocenters. The van der Waals surface area contributed by atoms with Gasteiger partial charge in [-0.15, -0.1) is 11.3 Å². The molecule has 2 aromatic rings. The Labute approximate surface area is 130 Å². The molecule has 0 aliphatic carbocycles. The first-order valence-corrected chi connectivity index (χ1v) is 7.89. The Morgan fingerprint density at radius 1 is 1.38 bits per heavy atom. The van der Waals surface area contributed by atoms with Gasteiger partial charge in [0.15, 0.2) is 0 Å². The first-order valence-electron chi connectivity index (χ1n) is 7.01. The maximum absolute atomic E-state index is 9.00. The molecule has 0 radical (unpaired) electrons. The van der Waals surface area contributed by atoms with Crippen LogP contribution in [-0.4, -0.2) is 18.0 Å². The fourth-order valence-electron chi connectivity index (χ4n) is 2.65. The summed E-state index contributed by atoms with van der Waals surface area (Å²) in [5.74, 6) is 0. The molecule has 0 aliphatic rings. The van der Waals surface area contributed by atoms with E-state index in [-0.39, 0.29) is 12.1 Å². The van der Waals surface area contributed by atoms with Crippen LogP contribution in [0.5, 0.6) is 0 Å². The van der Waals surface area contributed by atoms with Crippen LogP contribution in [0.2, 0.25) is 0 Å². The highest BCUT2D eigenvalue weighted by atomic mass is 32.1. The summed E-state index contributed by atoms with van der Waals surface area (Å²) in [7, 11) is 2.09. The number of hydrogen-bond donors (Lipinski definition) is 1. The SMILES string of the molecule is Cc1ccsc1C(C(C)N)N(C)Cc1cccc(C#N)c1. The van der Waals surface area contributed by atoms with Gasteiger partial charge in [0.1, 0.15) is 0 Å². The number of nitriles is 1. The van der Waals surface area contributed by atoms with E-state index in [1.807, 2.05) is 25.1 Å². The maximum atomic E-state index is 9.00. The number of thiophene rings is 1. The van der Waals surface area contributed by atoms with E-state index in [1.54, 1.807) is 11.3 Å². The molecular formula is C17H21N3S. The summed E-state index contributed by atoms with van der Waals surface area (Å²) in [6.45, 7) is 4.95. The van der Waals surface area contributed by atoms with E-state index in [2.05, 4.69) is 42.5 Å². The highest BCUT2D eigenvalue weighted by Crippen LogP contribution is 2.30. The molecule has 0 saturated heterocycles. The van der Waals surface area contributed by atoms with E-state index in [4.69, 9.17) is 11.0 Å². The van der Waals surface area contributed by atoms with Crippen LogP contribution in [0.15, 0.2) is 35.7 Å². The third-order valence-corrected chi connectivity index (χ3v) is 4.72. The van der Waals surface area contributed by atoms with Crippen molar-refractivity contribution in [2.75, 3.05) is 7.05 Å². The van der Waals surface area contributed by atoms with Gasteiger partial charge in [-0.25, -0.2) is 0 Å². The van der Waals surface area contributed by atoms with Crippen molar-refractivity contribution < 1.29 is 0 Å². The van der Waals surface area contributed by atoms with Crippen molar-refractivity contribution in [3.05, 3.63) is 57.3 Å². The zero-order valence-corrected chi connectivity index (χ0v) is 13.5. The van der Waals surface area contributed by atoms with Crippen molar-refractivity contribution in [3.8, 4) is 6.07 Å². The molecule has 0 aliphatic heterocycles. The van der Waals surface area contributed by atoms with Crippen LogP contribution >= 0.6 is 11.3 Å². The molecule has 0 fully saturated rings. The highest BCUT2D eigenvalue weighted by Gasteiger charge is 2.24. The number of likely N-dealkylation sites (N-methyl/N-ethyl adjacent to an activating group) is 1. The normalized spacial score (nSPS) is 13.9. The standard InChI is InChI=1S/C17H21N3S/c1-12-7-8-21-17(12)16(13(2)19)20(3)11-15-6-4-5-14(9-15)10-18/h4-9,13,16H,11,19H2,1-3H3. The number of benzene rings is 1. The monoisotopic (exact) mass is 299 g/mol. The molecular weight excluding hydrogens is 278 g/mol. The highest BCUT2D eigenvalue weighted by molar-refractivity contribution is 7.10. The fraction of sp³-hybridized carbons (Fsp3) is 0.353. The van der Waals surface area contributed by atoms with E-state index >= 15 is 0 Å². The van der Waals surface area contributed by atoms with Crippen molar-refractivity contribution in [3.63, 3.8) is 0 Å². The van der Waals surface area contributed by atoms with Crippen molar-refractivity contribution in [2.45, 2.75) is 32.5 Å². The van der Waals surface area contributed by atoms with Crippen LogP contribution in [0.25, 0.3) is 0 Å². The van der Waals surface area contributed by atoms with Gasteiger partial charge in [0, 0.05) is 17.5 Å². The molecule has 21 heavy (non-hydrogen) atoms. The molecule has 2 unspecified atom stereocenters. The second-order valence-electron chi connectivity index (χ2n) is 5.50. The van der Waals surface area contributed by atoms with Gasteiger partial charge in [0.25, 0.3) is 0 Å². The van der Waals surface area contributed by atoms with Crippen LogP contribution in [0.4, 0.5) is 0 Å². The molecule has 0 spiro atoms. The van der Waals surface area contributed by atoms with Gasteiger partial charge in [-0.05, 0) is 55.6 Å². The zero-order chi connectivity index (χ0) is 15.4. The molecule has 1 heterocycles. The summed E-state index contributed by atoms with van der Waals surface area (Å²) >= 11 is 1.76. The Kier molecular flexibility index (Phi) is 5.13. The van der Waals surface area contributed by atoms with Crippen molar-refractivity contribution in [1.29, 1.82) is 5.26 Å². The summed E-state index contributed by atoms with van der Waals surface area (Å²) in [6.07, 6.45) is 0. The number of nitrogens with two attached hydrogens (primary N) is 1. The topological polar surface area (TPSA) is 53.0 Å². The third-order valence-electron chi connectivity index (χ3n) is 3.63. The van der Waals surface area contributed by atoms with Gasteiger partial charge in [-0.3, -0.25) is 4.90 Å². The molecule has 1 aromatic carbocycles. The molecule has 4 heteroatoms. The first kappa shape index (κ1) is 15.7. The number of nitrogens with zero attached hydrogens (tertiary/aromatic N) is 2. The number of aryl methyl sites for hydroxylation is 1. The summed E-state index contributed by atoms with van der Waals surface area (Å²) in [5, 5.41) is 11.1. The second-order valence-corrected chi connectivity index (χ2v) is 6.45. The lowest BCUT2D eigenvalue weighted by molar-refractivity contribution is 0.213. The Balaban J connectivity index is 2.22. The van der Waals surface area contributed by atoms with Gasteiger partial charge in [-0.1, -0.05) is 12.1 Å².